The van der Waals surface area contributed by atoms with E-state index in [1.165, 1.54) is 18.3 Å². The Morgan fingerprint density at radius 1 is 1.38 bits per heavy atom. The van der Waals surface area contributed by atoms with Crippen molar-refractivity contribution >= 4 is 35.5 Å². The van der Waals surface area contributed by atoms with E-state index >= 15 is 0 Å². The summed E-state index contributed by atoms with van der Waals surface area (Å²) in [6.45, 7) is 0.618. The summed E-state index contributed by atoms with van der Waals surface area (Å²) >= 11 is 5.90. The summed E-state index contributed by atoms with van der Waals surface area (Å²) in [4.78, 5) is 34.2. The van der Waals surface area contributed by atoms with Crippen LogP contribution in [0.15, 0.2) is 23.3 Å². The first kappa shape index (κ1) is 19.7. The maximum absolute atomic E-state index is 11.7. The number of carbonyl (C=O) groups is 3. The van der Waals surface area contributed by atoms with Crippen molar-refractivity contribution in [3.8, 4) is 5.75 Å². The number of halogens is 1. The molecule has 1 aromatic rings. The molecule has 26 heavy (non-hydrogen) atoms. The van der Waals surface area contributed by atoms with Crippen molar-refractivity contribution in [2.45, 2.75) is 18.9 Å². The zero-order valence-corrected chi connectivity index (χ0v) is 14.6. The first-order valence-electron chi connectivity index (χ1n) is 7.89. The number of primary amides is 1. The van der Waals surface area contributed by atoms with E-state index in [4.69, 9.17) is 26.8 Å². The molecule has 9 nitrogen and oxygen atoms in total. The monoisotopic (exact) mass is 382 g/mol. The molecule has 1 aliphatic heterocycles. The number of nitrogens with two attached hydrogens (primary N) is 1. The van der Waals surface area contributed by atoms with E-state index in [1.54, 1.807) is 6.07 Å². The van der Waals surface area contributed by atoms with Gasteiger partial charge in [-0.3, -0.25) is 14.4 Å². The topological polar surface area (TPSA) is 132 Å². The fourth-order valence-electron chi connectivity index (χ4n) is 2.20. The maximum atomic E-state index is 11.7. The third kappa shape index (κ3) is 6.34. The van der Waals surface area contributed by atoms with Gasteiger partial charge < -0.3 is 20.5 Å². The van der Waals surface area contributed by atoms with Gasteiger partial charge >= 0.3 is 11.8 Å². The normalized spacial score (nSPS) is 16.4. The lowest BCUT2D eigenvalue weighted by molar-refractivity contribution is -0.139. The standard InChI is InChI=1S/C16H19ClN4O5/c17-11-3-4-13(26-9-14(18)22)10(6-11)7-20-21-16(24)15(23)19-8-12-2-1-5-25-12/h3-4,6-7,12H,1-2,5,8-9H2,(H2,18,22)(H,19,23)(H,21,24)/b20-7-/t12-/m1/s1. The van der Waals surface area contributed by atoms with Crippen LogP contribution in [0.1, 0.15) is 18.4 Å². The largest absolute Gasteiger partial charge is 0.483 e. The van der Waals surface area contributed by atoms with Crippen molar-refractivity contribution in [2.24, 2.45) is 10.8 Å². The highest BCUT2D eigenvalue weighted by molar-refractivity contribution is 6.35. The van der Waals surface area contributed by atoms with Gasteiger partial charge in [0.25, 0.3) is 5.91 Å². The molecular weight excluding hydrogens is 364 g/mol. The third-order valence-corrected chi connectivity index (χ3v) is 3.67. The fourth-order valence-corrected chi connectivity index (χ4v) is 2.38. The van der Waals surface area contributed by atoms with Crippen LogP contribution in [0.25, 0.3) is 0 Å². The van der Waals surface area contributed by atoms with Crippen LogP contribution in [0.3, 0.4) is 0 Å². The minimum atomic E-state index is -0.916. The van der Waals surface area contributed by atoms with Crippen molar-refractivity contribution < 1.29 is 23.9 Å². The molecule has 0 saturated carbocycles. The van der Waals surface area contributed by atoms with E-state index < -0.39 is 17.7 Å². The molecule has 4 N–H and O–H groups in total. The summed E-state index contributed by atoms with van der Waals surface area (Å²) < 4.78 is 10.6. The predicted molar refractivity (Wildman–Crippen MR) is 93.9 cm³/mol. The van der Waals surface area contributed by atoms with Gasteiger partial charge in [0.2, 0.25) is 0 Å². The van der Waals surface area contributed by atoms with E-state index in [2.05, 4.69) is 15.8 Å². The molecule has 0 radical (unpaired) electrons. The number of hydrogen-bond donors (Lipinski definition) is 3. The number of ether oxygens (including phenoxy) is 2. The Bertz CT molecular complexity index is 704. The molecule has 3 amide bonds. The Kier molecular flexibility index (Phi) is 7.37. The lowest BCUT2D eigenvalue weighted by Crippen LogP contribution is -2.41. The lowest BCUT2D eigenvalue weighted by atomic mass is 10.2. The van der Waals surface area contributed by atoms with Crippen LogP contribution in [0.2, 0.25) is 5.02 Å². The molecule has 1 fully saturated rings. The SMILES string of the molecule is NC(=O)COc1ccc(Cl)cc1/C=N\NC(=O)C(=O)NC[C@H]1CCCO1. The highest BCUT2D eigenvalue weighted by Gasteiger charge is 2.19. The molecule has 0 bridgehead atoms. The molecule has 1 atom stereocenters. The molecule has 0 spiro atoms. The van der Waals surface area contributed by atoms with Crippen molar-refractivity contribution in [3.05, 3.63) is 28.8 Å². The van der Waals surface area contributed by atoms with Gasteiger partial charge in [-0.25, -0.2) is 5.43 Å². The maximum Gasteiger partial charge on any atom is 0.329 e. The van der Waals surface area contributed by atoms with Gasteiger partial charge in [-0.05, 0) is 31.0 Å². The van der Waals surface area contributed by atoms with Crippen molar-refractivity contribution in [2.75, 3.05) is 19.8 Å². The quantitative estimate of drug-likeness (QED) is 0.345. The van der Waals surface area contributed by atoms with E-state index in [-0.39, 0.29) is 19.3 Å². The Hall–Kier alpha value is -2.65. The number of hydrazone groups is 1. The molecular formula is C16H19ClN4O5. The summed E-state index contributed by atoms with van der Waals surface area (Å²) in [6, 6.07) is 4.61. The second-order valence-electron chi connectivity index (χ2n) is 5.48. The number of benzene rings is 1. The molecule has 0 unspecified atom stereocenters. The molecule has 2 rings (SSSR count). The van der Waals surface area contributed by atoms with Crippen LogP contribution in [-0.2, 0) is 19.1 Å². The molecule has 1 saturated heterocycles. The number of nitrogens with zero attached hydrogens (tertiary/aromatic N) is 1. The average molecular weight is 383 g/mol. The van der Waals surface area contributed by atoms with Gasteiger partial charge in [0, 0.05) is 23.7 Å². The molecule has 1 aromatic carbocycles. The minimum Gasteiger partial charge on any atom is -0.483 e. The first-order valence-corrected chi connectivity index (χ1v) is 8.27. The van der Waals surface area contributed by atoms with Gasteiger partial charge in [-0.1, -0.05) is 11.6 Å². The summed E-state index contributed by atoms with van der Waals surface area (Å²) in [5.74, 6) is -2.07. The minimum absolute atomic E-state index is 0.0633. The van der Waals surface area contributed by atoms with Crippen LogP contribution in [0.4, 0.5) is 0 Å². The number of hydrogen-bond acceptors (Lipinski definition) is 6. The van der Waals surface area contributed by atoms with E-state index in [1.807, 2.05) is 0 Å². The molecule has 0 aliphatic carbocycles. The van der Waals surface area contributed by atoms with E-state index in [9.17, 15) is 14.4 Å². The Labute approximate surface area is 154 Å². The second-order valence-corrected chi connectivity index (χ2v) is 5.92. The smallest absolute Gasteiger partial charge is 0.329 e. The summed E-state index contributed by atoms with van der Waals surface area (Å²) in [5.41, 5.74) is 7.54. The highest BCUT2D eigenvalue weighted by atomic mass is 35.5. The summed E-state index contributed by atoms with van der Waals surface area (Å²) in [7, 11) is 0. The molecule has 1 heterocycles. The second kappa shape index (κ2) is 9.73. The molecule has 10 heteroatoms. The number of nitrogens with one attached hydrogen (secondary N) is 2. The van der Waals surface area contributed by atoms with Crippen LogP contribution >= 0.6 is 11.6 Å². The van der Waals surface area contributed by atoms with Gasteiger partial charge in [0.05, 0.1) is 12.3 Å². The van der Waals surface area contributed by atoms with Crippen molar-refractivity contribution in [1.82, 2.24) is 10.7 Å². The fraction of sp³-hybridized carbons (Fsp3) is 0.375. The summed E-state index contributed by atoms with van der Waals surface area (Å²) in [5, 5.41) is 6.58. The van der Waals surface area contributed by atoms with Gasteiger partial charge in [0.1, 0.15) is 5.75 Å². The Balaban J connectivity index is 1.87. The lowest BCUT2D eigenvalue weighted by Gasteiger charge is -2.09. The first-order chi connectivity index (χ1) is 12.5. The average Bonchev–Trinajstić information content (AvgIpc) is 3.12. The van der Waals surface area contributed by atoms with Crippen LogP contribution < -0.4 is 21.2 Å². The van der Waals surface area contributed by atoms with Crippen LogP contribution in [0.5, 0.6) is 5.75 Å². The van der Waals surface area contributed by atoms with Gasteiger partial charge in [-0.15, -0.1) is 0 Å². The zero-order valence-electron chi connectivity index (χ0n) is 13.9. The number of amides is 3. The number of rotatable bonds is 7. The Morgan fingerprint density at radius 3 is 2.88 bits per heavy atom. The van der Waals surface area contributed by atoms with Crippen LogP contribution in [-0.4, -0.2) is 49.8 Å². The van der Waals surface area contributed by atoms with E-state index in [0.717, 1.165) is 12.8 Å². The molecule has 1 aliphatic rings. The van der Waals surface area contributed by atoms with Gasteiger partial charge in [0.15, 0.2) is 6.61 Å². The molecule has 0 aromatic heterocycles. The predicted octanol–water partition coefficient (Wildman–Crippen LogP) is -0.0506. The molecule has 140 valence electrons. The highest BCUT2D eigenvalue weighted by Crippen LogP contribution is 2.21. The Morgan fingerprint density at radius 2 is 2.19 bits per heavy atom. The van der Waals surface area contributed by atoms with Crippen molar-refractivity contribution in [3.63, 3.8) is 0 Å². The number of carbonyl (C=O) groups excluding carboxylic acids is 3. The third-order valence-electron chi connectivity index (χ3n) is 3.43. The van der Waals surface area contributed by atoms with Crippen molar-refractivity contribution in [1.29, 1.82) is 0 Å². The van der Waals surface area contributed by atoms with E-state index in [0.29, 0.717) is 22.9 Å². The zero-order chi connectivity index (χ0) is 18.9. The summed E-state index contributed by atoms with van der Waals surface area (Å²) in [6.07, 6.45) is 2.97. The van der Waals surface area contributed by atoms with Gasteiger partial charge in [-0.2, -0.15) is 5.10 Å². The van der Waals surface area contributed by atoms with Crippen LogP contribution in [0, 0.1) is 0 Å².